The molecule has 0 bridgehead atoms. The van der Waals surface area contributed by atoms with Crippen LogP contribution in [0.2, 0.25) is 0 Å². The number of nitrogens with one attached hydrogen (secondary N) is 1. The molecule has 0 saturated heterocycles. The summed E-state index contributed by atoms with van der Waals surface area (Å²) in [7, 11) is 0. The average Bonchev–Trinajstić information content (AvgIpc) is 2.38. The fourth-order valence-corrected chi connectivity index (χ4v) is 3.14. The summed E-state index contributed by atoms with van der Waals surface area (Å²) in [4.78, 5) is 12.1. The topological polar surface area (TPSA) is 29.1 Å². The normalized spacial score (nSPS) is 23.7. The van der Waals surface area contributed by atoms with Gasteiger partial charge in [-0.25, -0.2) is 0 Å². The fourth-order valence-electron chi connectivity index (χ4n) is 2.51. The van der Waals surface area contributed by atoms with E-state index in [-0.39, 0.29) is 5.91 Å². The van der Waals surface area contributed by atoms with Crippen molar-refractivity contribution >= 4 is 28.5 Å². The third-order valence-electron chi connectivity index (χ3n) is 3.81. The van der Waals surface area contributed by atoms with Gasteiger partial charge in [0.15, 0.2) is 0 Å². The van der Waals surface area contributed by atoms with E-state index in [2.05, 4.69) is 34.8 Å². The maximum Gasteiger partial charge on any atom is 0.252 e. The fraction of sp³-hybridized carbons (Fsp3) is 0.533. The van der Waals surface area contributed by atoms with Crippen LogP contribution in [0.4, 0.5) is 0 Å². The van der Waals surface area contributed by atoms with E-state index >= 15 is 0 Å². The predicted molar refractivity (Wildman–Crippen MR) is 82.6 cm³/mol. The molecule has 1 aromatic rings. The molecule has 0 radical (unpaired) electrons. The van der Waals surface area contributed by atoms with E-state index < -0.39 is 0 Å². The summed E-state index contributed by atoms with van der Waals surface area (Å²) in [5.41, 5.74) is 0.794. The number of carbonyl (C=O) groups excluding carboxylic acids is 1. The van der Waals surface area contributed by atoms with Gasteiger partial charge in [-0.15, -0.1) is 0 Å². The molecule has 1 aromatic carbocycles. The number of hydrogen-bond acceptors (Lipinski definition) is 1. The first-order chi connectivity index (χ1) is 8.66. The molecule has 1 aliphatic rings. The highest BCUT2D eigenvalue weighted by atomic mass is 127. The number of carbonyl (C=O) groups is 1. The van der Waals surface area contributed by atoms with Crippen LogP contribution in [-0.4, -0.2) is 12.5 Å². The highest BCUT2D eigenvalue weighted by Gasteiger charge is 2.19. The Balaban J connectivity index is 1.84. The first-order valence-electron chi connectivity index (χ1n) is 6.69. The van der Waals surface area contributed by atoms with Gasteiger partial charge < -0.3 is 5.32 Å². The van der Waals surface area contributed by atoms with E-state index in [0.717, 1.165) is 21.6 Å². The van der Waals surface area contributed by atoms with Gasteiger partial charge >= 0.3 is 0 Å². The molecule has 0 heterocycles. The van der Waals surface area contributed by atoms with Crippen molar-refractivity contribution in [2.24, 2.45) is 11.8 Å². The van der Waals surface area contributed by atoms with Gasteiger partial charge in [0.05, 0.1) is 5.56 Å². The summed E-state index contributed by atoms with van der Waals surface area (Å²) in [6.45, 7) is 3.15. The van der Waals surface area contributed by atoms with Crippen LogP contribution in [0.25, 0.3) is 0 Å². The molecular formula is C15H20INO. The Hall–Kier alpha value is -0.580. The summed E-state index contributed by atoms with van der Waals surface area (Å²) in [6, 6.07) is 7.73. The molecule has 1 aliphatic carbocycles. The lowest BCUT2D eigenvalue weighted by atomic mass is 9.83. The van der Waals surface area contributed by atoms with Crippen molar-refractivity contribution in [2.75, 3.05) is 6.54 Å². The third kappa shape index (κ3) is 3.70. The van der Waals surface area contributed by atoms with E-state index in [1.165, 1.54) is 25.7 Å². The standard InChI is InChI=1S/C15H20INO/c1-11-6-8-12(9-7-11)10-17-15(18)13-4-2-3-5-14(13)16/h2-5,11-12H,6-10H2,1H3,(H,17,18). The van der Waals surface area contributed by atoms with Gasteiger partial charge in [-0.1, -0.05) is 31.9 Å². The highest BCUT2D eigenvalue weighted by Crippen LogP contribution is 2.27. The van der Waals surface area contributed by atoms with E-state index in [1.807, 2.05) is 24.3 Å². The predicted octanol–water partition coefficient (Wildman–Crippen LogP) is 3.85. The largest absolute Gasteiger partial charge is 0.352 e. The molecule has 0 aromatic heterocycles. The molecule has 0 spiro atoms. The molecule has 1 saturated carbocycles. The van der Waals surface area contributed by atoms with Crippen molar-refractivity contribution in [3.8, 4) is 0 Å². The zero-order valence-corrected chi connectivity index (χ0v) is 12.9. The molecule has 1 fully saturated rings. The summed E-state index contributed by atoms with van der Waals surface area (Å²) >= 11 is 2.21. The Morgan fingerprint density at radius 2 is 1.94 bits per heavy atom. The summed E-state index contributed by atoms with van der Waals surface area (Å²) in [5.74, 6) is 1.61. The molecule has 2 rings (SSSR count). The molecule has 0 unspecified atom stereocenters. The van der Waals surface area contributed by atoms with Crippen LogP contribution in [0.5, 0.6) is 0 Å². The molecule has 98 valence electrons. The second kappa shape index (κ2) is 6.55. The Kier molecular flexibility index (Phi) is 5.03. The Bertz CT molecular complexity index is 411. The molecule has 1 N–H and O–H groups in total. The Labute approximate surface area is 123 Å². The smallest absolute Gasteiger partial charge is 0.252 e. The minimum absolute atomic E-state index is 0.0682. The van der Waals surface area contributed by atoms with Crippen LogP contribution < -0.4 is 5.32 Å². The molecule has 18 heavy (non-hydrogen) atoms. The van der Waals surface area contributed by atoms with E-state index in [0.29, 0.717) is 5.92 Å². The molecule has 2 nitrogen and oxygen atoms in total. The lowest BCUT2D eigenvalue weighted by Gasteiger charge is -2.26. The summed E-state index contributed by atoms with van der Waals surface area (Å²) < 4.78 is 1.02. The molecule has 3 heteroatoms. The average molecular weight is 357 g/mol. The minimum atomic E-state index is 0.0682. The lowest BCUT2D eigenvalue weighted by Crippen LogP contribution is -2.31. The van der Waals surface area contributed by atoms with Crippen LogP contribution in [0.1, 0.15) is 43.0 Å². The highest BCUT2D eigenvalue weighted by molar-refractivity contribution is 14.1. The van der Waals surface area contributed by atoms with Gasteiger partial charge in [0.1, 0.15) is 0 Å². The first-order valence-corrected chi connectivity index (χ1v) is 7.77. The number of halogens is 1. The minimum Gasteiger partial charge on any atom is -0.352 e. The first kappa shape index (κ1) is 13.8. The number of amides is 1. The maximum absolute atomic E-state index is 12.1. The number of hydrogen-bond donors (Lipinski definition) is 1. The molecule has 0 atom stereocenters. The van der Waals surface area contributed by atoms with Crippen molar-refractivity contribution in [1.29, 1.82) is 0 Å². The van der Waals surface area contributed by atoms with Crippen molar-refractivity contribution in [3.05, 3.63) is 33.4 Å². The summed E-state index contributed by atoms with van der Waals surface area (Å²) in [6.07, 6.45) is 5.13. The number of benzene rings is 1. The molecule has 1 amide bonds. The van der Waals surface area contributed by atoms with Crippen LogP contribution >= 0.6 is 22.6 Å². The van der Waals surface area contributed by atoms with Crippen molar-refractivity contribution in [1.82, 2.24) is 5.32 Å². The van der Waals surface area contributed by atoms with Crippen molar-refractivity contribution < 1.29 is 4.79 Å². The van der Waals surface area contributed by atoms with Crippen molar-refractivity contribution in [3.63, 3.8) is 0 Å². The SMILES string of the molecule is CC1CCC(CNC(=O)c2ccccc2I)CC1. The number of rotatable bonds is 3. The van der Waals surface area contributed by atoms with Crippen LogP contribution in [0.3, 0.4) is 0 Å². The van der Waals surface area contributed by atoms with Gasteiger partial charge in [0.2, 0.25) is 0 Å². The second-order valence-electron chi connectivity index (χ2n) is 5.32. The van der Waals surface area contributed by atoms with Gasteiger partial charge in [-0.3, -0.25) is 4.79 Å². The zero-order valence-electron chi connectivity index (χ0n) is 10.8. The zero-order chi connectivity index (χ0) is 13.0. The Morgan fingerprint density at radius 3 is 2.61 bits per heavy atom. The van der Waals surface area contributed by atoms with Gasteiger partial charge in [-0.05, 0) is 59.4 Å². The van der Waals surface area contributed by atoms with E-state index in [9.17, 15) is 4.79 Å². The third-order valence-corrected chi connectivity index (χ3v) is 4.75. The maximum atomic E-state index is 12.1. The second-order valence-corrected chi connectivity index (χ2v) is 6.48. The van der Waals surface area contributed by atoms with Crippen molar-refractivity contribution in [2.45, 2.75) is 32.6 Å². The quantitative estimate of drug-likeness (QED) is 0.819. The van der Waals surface area contributed by atoms with Crippen LogP contribution in [0.15, 0.2) is 24.3 Å². The van der Waals surface area contributed by atoms with Gasteiger partial charge in [0.25, 0.3) is 5.91 Å². The molecule has 0 aliphatic heterocycles. The monoisotopic (exact) mass is 357 g/mol. The molecular weight excluding hydrogens is 337 g/mol. The summed E-state index contributed by atoms with van der Waals surface area (Å²) in [5, 5.41) is 3.08. The van der Waals surface area contributed by atoms with E-state index in [1.54, 1.807) is 0 Å². The van der Waals surface area contributed by atoms with Gasteiger partial charge in [0, 0.05) is 10.1 Å². The van der Waals surface area contributed by atoms with Crippen LogP contribution in [0, 0.1) is 15.4 Å². The van der Waals surface area contributed by atoms with Gasteiger partial charge in [-0.2, -0.15) is 0 Å². The van der Waals surface area contributed by atoms with Crippen LogP contribution in [-0.2, 0) is 0 Å². The Morgan fingerprint density at radius 1 is 1.28 bits per heavy atom. The lowest BCUT2D eigenvalue weighted by molar-refractivity contribution is 0.0941. The van der Waals surface area contributed by atoms with E-state index in [4.69, 9.17) is 0 Å².